The van der Waals surface area contributed by atoms with Gasteiger partial charge in [-0.25, -0.2) is 4.98 Å². The van der Waals surface area contributed by atoms with E-state index in [0.29, 0.717) is 5.52 Å². The maximum Gasteiger partial charge on any atom is 0.188 e. The van der Waals surface area contributed by atoms with Gasteiger partial charge in [0.25, 0.3) is 0 Å². The van der Waals surface area contributed by atoms with Gasteiger partial charge >= 0.3 is 0 Å². The van der Waals surface area contributed by atoms with Crippen molar-refractivity contribution >= 4 is 71.9 Å². The Kier molecular flexibility index (Phi) is 6.95. The molecule has 0 fully saturated rings. The van der Waals surface area contributed by atoms with Crippen molar-refractivity contribution in [1.29, 1.82) is 0 Å². The molecule has 2 heterocycles. The molecule has 2 N–H and O–H groups in total. The van der Waals surface area contributed by atoms with Crippen molar-refractivity contribution in [3.63, 3.8) is 0 Å². The number of imidazole rings is 1. The molecule has 8 aromatic carbocycles. The topological polar surface area (TPSA) is 58.3 Å². The van der Waals surface area contributed by atoms with Crippen LogP contribution < -0.4 is 0 Å². The molecule has 0 amide bonds. The van der Waals surface area contributed by atoms with Crippen LogP contribution >= 0.6 is 11.3 Å². The molecule has 10 aromatic rings. The lowest BCUT2D eigenvalue weighted by Crippen LogP contribution is -2.29. The average molecular weight is 687 g/mol. The summed E-state index contributed by atoms with van der Waals surface area (Å²) >= 11 is 1.83. The van der Waals surface area contributed by atoms with Crippen LogP contribution in [-0.4, -0.2) is 27.6 Å². The maximum absolute atomic E-state index is 11.0. The molecule has 0 bridgehead atoms. The predicted molar refractivity (Wildman–Crippen MR) is 220 cm³/mol. The Morgan fingerprint density at radius 1 is 0.500 bits per heavy atom. The summed E-state index contributed by atoms with van der Waals surface area (Å²) < 4.78 is 4.46. The Hall–Kier alpha value is -6.05. The first-order valence-electron chi connectivity index (χ1n) is 17.4. The minimum absolute atomic E-state index is 0.161. The SMILES string of the molecule is BC(O)(O)c1nc2ccccc2n1-c1ccccc1-c1c2ccccc2c(-c2ccc3sc4ccccc4c3c2)c2cc(-c3ccccc3)ccc12. The molecule has 0 saturated carbocycles. The zero-order chi connectivity index (χ0) is 35.0. The van der Waals surface area contributed by atoms with E-state index in [1.54, 1.807) is 0 Å². The number of hydrogen-bond donors (Lipinski definition) is 2. The summed E-state index contributed by atoms with van der Waals surface area (Å²) in [5.74, 6) is 0.161. The minimum atomic E-state index is -2.17. The van der Waals surface area contributed by atoms with Crippen LogP contribution in [0.5, 0.6) is 0 Å². The van der Waals surface area contributed by atoms with Crippen molar-refractivity contribution in [2.24, 2.45) is 0 Å². The third-order valence-corrected chi connectivity index (χ3v) is 11.3. The number of thiophene rings is 1. The van der Waals surface area contributed by atoms with Gasteiger partial charge in [0.1, 0.15) is 0 Å². The second-order valence-electron chi connectivity index (χ2n) is 13.5. The number of hydrogen-bond acceptors (Lipinski definition) is 4. The number of rotatable bonds is 5. The Labute approximate surface area is 304 Å². The molecule has 6 heteroatoms. The molecule has 2 aromatic heterocycles. The third kappa shape index (κ3) is 4.80. The van der Waals surface area contributed by atoms with E-state index < -0.39 is 5.69 Å². The normalized spacial score (nSPS) is 12.1. The second-order valence-corrected chi connectivity index (χ2v) is 14.6. The highest BCUT2D eigenvalue weighted by Crippen LogP contribution is 2.48. The van der Waals surface area contributed by atoms with Crippen molar-refractivity contribution in [3.8, 4) is 39.1 Å². The lowest BCUT2D eigenvalue weighted by molar-refractivity contribution is -0.0985. The quantitative estimate of drug-likeness (QED) is 0.108. The van der Waals surface area contributed by atoms with E-state index in [1.807, 2.05) is 52.3 Å². The number of para-hydroxylation sites is 3. The van der Waals surface area contributed by atoms with Crippen LogP contribution in [-0.2, 0) is 5.69 Å². The average Bonchev–Trinajstić information content (AvgIpc) is 3.76. The van der Waals surface area contributed by atoms with Crippen LogP contribution in [0.2, 0.25) is 0 Å². The van der Waals surface area contributed by atoms with E-state index in [2.05, 4.69) is 127 Å². The number of aromatic nitrogens is 2. The van der Waals surface area contributed by atoms with Crippen molar-refractivity contribution in [2.75, 3.05) is 0 Å². The van der Waals surface area contributed by atoms with Gasteiger partial charge in [0.05, 0.1) is 16.7 Å². The molecule has 4 nitrogen and oxygen atoms in total. The fourth-order valence-electron chi connectivity index (χ4n) is 7.94. The maximum atomic E-state index is 11.0. The largest absolute Gasteiger partial charge is 0.367 e. The van der Waals surface area contributed by atoms with Gasteiger partial charge in [-0.05, 0) is 91.8 Å². The molecule has 0 aliphatic rings. The van der Waals surface area contributed by atoms with E-state index in [0.717, 1.165) is 55.0 Å². The van der Waals surface area contributed by atoms with E-state index in [1.165, 1.54) is 39.1 Å². The van der Waals surface area contributed by atoms with Crippen LogP contribution in [0.3, 0.4) is 0 Å². The highest BCUT2D eigenvalue weighted by atomic mass is 32.1. The van der Waals surface area contributed by atoms with Crippen LogP contribution in [0.4, 0.5) is 0 Å². The first-order valence-corrected chi connectivity index (χ1v) is 18.2. The van der Waals surface area contributed by atoms with Crippen LogP contribution in [0.1, 0.15) is 5.82 Å². The standard InChI is InChI=1S/C46H31BN2O2S/c47-46(50,51)45-48-38-18-8-10-20-40(38)49(45)39-19-9-6-17-35(39)44-33-16-5-4-15-32(33)43(37-26-29(22-24-34(37)44)28-12-2-1-3-13-28)30-23-25-42-36(27-30)31-14-7-11-21-41(31)52-42/h1-27,50-51H,47H2. The van der Waals surface area contributed by atoms with Gasteiger partial charge in [-0.3, -0.25) is 4.57 Å². The van der Waals surface area contributed by atoms with E-state index >= 15 is 0 Å². The van der Waals surface area contributed by atoms with Crippen molar-refractivity contribution in [1.82, 2.24) is 9.55 Å². The molecule has 0 saturated heterocycles. The zero-order valence-electron chi connectivity index (χ0n) is 28.3. The molecule has 10 rings (SSSR count). The number of benzene rings is 8. The summed E-state index contributed by atoms with van der Waals surface area (Å²) in [6.45, 7) is 0. The third-order valence-electron chi connectivity index (χ3n) is 10.2. The first-order chi connectivity index (χ1) is 25.4. The highest BCUT2D eigenvalue weighted by molar-refractivity contribution is 7.25. The number of aliphatic hydroxyl groups is 2. The summed E-state index contributed by atoms with van der Waals surface area (Å²) in [5.41, 5.74) is 6.84. The summed E-state index contributed by atoms with van der Waals surface area (Å²) in [7, 11) is 1.37. The van der Waals surface area contributed by atoms with E-state index in [9.17, 15) is 10.2 Å². The molecule has 0 unspecified atom stereocenters. The fourth-order valence-corrected chi connectivity index (χ4v) is 9.03. The monoisotopic (exact) mass is 686 g/mol. The Balaban J connectivity index is 1.34. The van der Waals surface area contributed by atoms with Gasteiger partial charge < -0.3 is 10.2 Å². The second kappa shape index (κ2) is 11.8. The summed E-state index contributed by atoms with van der Waals surface area (Å²) in [5, 5.41) is 29.1. The van der Waals surface area contributed by atoms with E-state index in [4.69, 9.17) is 4.98 Å². The number of fused-ring (bicyclic) bond motifs is 6. The van der Waals surface area contributed by atoms with Gasteiger partial charge in [0, 0.05) is 25.7 Å². The molecular formula is C46H31BN2O2S. The van der Waals surface area contributed by atoms with Crippen LogP contribution in [0.25, 0.3) is 91.8 Å². The number of nitrogens with zero attached hydrogens (tertiary/aromatic N) is 2. The first kappa shape index (κ1) is 30.8. The highest BCUT2D eigenvalue weighted by Gasteiger charge is 2.29. The lowest BCUT2D eigenvalue weighted by Gasteiger charge is -2.23. The fraction of sp³-hybridized carbons (Fsp3) is 0.0217. The Morgan fingerprint density at radius 2 is 1.12 bits per heavy atom. The van der Waals surface area contributed by atoms with Crippen molar-refractivity contribution in [2.45, 2.75) is 5.69 Å². The summed E-state index contributed by atoms with van der Waals surface area (Å²) in [4.78, 5) is 4.72. The lowest BCUT2D eigenvalue weighted by atomic mass is 9.84. The predicted octanol–water partition coefficient (Wildman–Crippen LogP) is 10.4. The van der Waals surface area contributed by atoms with Crippen LogP contribution in [0, 0.1) is 0 Å². The summed E-state index contributed by atoms with van der Waals surface area (Å²) in [6, 6.07) is 57.6. The van der Waals surface area contributed by atoms with Gasteiger partial charge in [-0.2, -0.15) is 0 Å². The molecular weight excluding hydrogens is 655 g/mol. The van der Waals surface area contributed by atoms with Crippen molar-refractivity contribution < 1.29 is 10.2 Å². The summed E-state index contributed by atoms with van der Waals surface area (Å²) in [6.07, 6.45) is 0. The van der Waals surface area contributed by atoms with Crippen molar-refractivity contribution in [3.05, 3.63) is 170 Å². The van der Waals surface area contributed by atoms with Crippen LogP contribution in [0.15, 0.2) is 164 Å². The molecule has 246 valence electrons. The van der Waals surface area contributed by atoms with Gasteiger partial charge in [-0.1, -0.05) is 121 Å². The van der Waals surface area contributed by atoms with Gasteiger partial charge in [0.15, 0.2) is 19.4 Å². The molecule has 52 heavy (non-hydrogen) atoms. The zero-order valence-corrected chi connectivity index (χ0v) is 29.1. The molecule has 0 spiro atoms. The molecule has 0 aliphatic carbocycles. The Bertz CT molecular complexity index is 3010. The molecule has 0 aliphatic heterocycles. The molecule has 0 atom stereocenters. The Morgan fingerprint density at radius 3 is 1.94 bits per heavy atom. The minimum Gasteiger partial charge on any atom is -0.367 e. The van der Waals surface area contributed by atoms with Gasteiger partial charge in [-0.15, -0.1) is 11.3 Å². The van der Waals surface area contributed by atoms with E-state index in [-0.39, 0.29) is 5.82 Å². The van der Waals surface area contributed by atoms with Gasteiger partial charge in [0.2, 0.25) is 0 Å². The molecule has 0 radical (unpaired) electrons. The smallest absolute Gasteiger partial charge is 0.188 e.